The fourth-order valence-corrected chi connectivity index (χ4v) is 3.15. The van der Waals surface area contributed by atoms with Gasteiger partial charge in [0.05, 0.1) is 12.2 Å². The fourth-order valence-electron chi connectivity index (χ4n) is 2.42. The van der Waals surface area contributed by atoms with Crippen LogP contribution in [0.3, 0.4) is 0 Å². The summed E-state index contributed by atoms with van der Waals surface area (Å²) in [7, 11) is 1.85. The van der Waals surface area contributed by atoms with Gasteiger partial charge in [0.25, 0.3) is 0 Å². The van der Waals surface area contributed by atoms with E-state index in [0.717, 1.165) is 42.7 Å². The van der Waals surface area contributed by atoms with Gasteiger partial charge in [-0.3, -0.25) is 9.20 Å². The van der Waals surface area contributed by atoms with Crippen LogP contribution < -0.4 is 10.2 Å². The van der Waals surface area contributed by atoms with Gasteiger partial charge in [0.2, 0.25) is 5.91 Å². The van der Waals surface area contributed by atoms with Gasteiger partial charge >= 0.3 is 0 Å². The SMILES string of the molecule is CCNCc1c(N2CCN(C)C(=O)C2)nc2sccn12. The summed E-state index contributed by atoms with van der Waals surface area (Å²) in [6.07, 6.45) is 2.04. The number of carbonyl (C=O) groups excluding carboxylic acids is 1. The molecule has 1 aliphatic rings. The fraction of sp³-hybridized carbons (Fsp3) is 0.538. The summed E-state index contributed by atoms with van der Waals surface area (Å²) in [5.74, 6) is 1.10. The van der Waals surface area contributed by atoms with Crippen molar-refractivity contribution in [3.05, 3.63) is 17.3 Å². The smallest absolute Gasteiger partial charge is 0.241 e. The van der Waals surface area contributed by atoms with Gasteiger partial charge in [-0.2, -0.15) is 0 Å². The van der Waals surface area contributed by atoms with E-state index in [-0.39, 0.29) is 5.91 Å². The van der Waals surface area contributed by atoms with Crippen molar-refractivity contribution in [1.29, 1.82) is 0 Å². The van der Waals surface area contributed by atoms with Gasteiger partial charge in [0.15, 0.2) is 10.8 Å². The van der Waals surface area contributed by atoms with E-state index in [1.807, 2.05) is 18.6 Å². The maximum absolute atomic E-state index is 11.9. The molecule has 3 rings (SSSR count). The Kier molecular flexibility index (Phi) is 3.62. The van der Waals surface area contributed by atoms with Crippen LogP contribution in [0.4, 0.5) is 5.82 Å². The van der Waals surface area contributed by atoms with Gasteiger partial charge in [-0.1, -0.05) is 6.92 Å². The van der Waals surface area contributed by atoms with Crippen molar-refractivity contribution in [3.63, 3.8) is 0 Å². The molecule has 0 bridgehead atoms. The van der Waals surface area contributed by atoms with E-state index < -0.39 is 0 Å². The number of likely N-dealkylation sites (N-methyl/N-ethyl adjacent to an activating group) is 1. The zero-order valence-corrected chi connectivity index (χ0v) is 12.6. The third kappa shape index (κ3) is 2.27. The monoisotopic (exact) mass is 293 g/mol. The molecule has 3 heterocycles. The van der Waals surface area contributed by atoms with Crippen LogP contribution in [0, 0.1) is 0 Å². The molecule has 0 aromatic carbocycles. The highest BCUT2D eigenvalue weighted by molar-refractivity contribution is 7.15. The predicted molar refractivity (Wildman–Crippen MR) is 80.3 cm³/mol. The minimum absolute atomic E-state index is 0.155. The molecule has 0 spiro atoms. The molecule has 20 heavy (non-hydrogen) atoms. The first-order valence-electron chi connectivity index (χ1n) is 6.84. The number of amides is 1. The van der Waals surface area contributed by atoms with Crippen molar-refractivity contribution < 1.29 is 4.79 Å². The van der Waals surface area contributed by atoms with Crippen LogP contribution >= 0.6 is 11.3 Å². The Morgan fingerprint density at radius 2 is 2.30 bits per heavy atom. The van der Waals surface area contributed by atoms with E-state index in [1.54, 1.807) is 16.2 Å². The summed E-state index contributed by atoms with van der Waals surface area (Å²) in [6.45, 7) is 5.78. The zero-order valence-electron chi connectivity index (χ0n) is 11.8. The summed E-state index contributed by atoms with van der Waals surface area (Å²) in [6, 6.07) is 0. The topological polar surface area (TPSA) is 52.9 Å². The second-order valence-electron chi connectivity index (χ2n) is 4.95. The van der Waals surface area contributed by atoms with Crippen LogP contribution in [0.5, 0.6) is 0 Å². The average Bonchev–Trinajstić information content (AvgIpc) is 3.00. The number of thiazole rings is 1. The first-order chi connectivity index (χ1) is 9.70. The molecule has 1 fully saturated rings. The van der Waals surface area contributed by atoms with E-state index in [0.29, 0.717) is 6.54 Å². The molecule has 1 saturated heterocycles. The minimum Gasteiger partial charge on any atom is -0.344 e. The van der Waals surface area contributed by atoms with Gasteiger partial charge in [-0.15, -0.1) is 11.3 Å². The van der Waals surface area contributed by atoms with Crippen LogP contribution in [0.25, 0.3) is 4.96 Å². The molecule has 2 aromatic heterocycles. The Hall–Kier alpha value is -1.60. The van der Waals surface area contributed by atoms with Crippen molar-refractivity contribution in [1.82, 2.24) is 19.6 Å². The lowest BCUT2D eigenvalue weighted by molar-refractivity contribution is -0.129. The normalized spacial score (nSPS) is 16.4. The second kappa shape index (κ2) is 5.41. The average molecular weight is 293 g/mol. The summed E-state index contributed by atoms with van der Waals surface area (Å²) < 4.78 is 2.12. The summed E-state index contributed by atoms with van der Waals surface area (Å²) in [5, 5.41) is 5.39. The molecule has 0 unspecified atom stereocenters. The number of hydrogen-bond donors (Lipinski definition) is 1. The molecule has 6 nitrogen and oxygen atoms in total. The van der Waals surface area contributed by atoms with E-state index in [2.05, 4.69) is 21.5 Å². The number of fused-ring (bicyclic) bond motifs is 1. The molecule has 1 amide bonds. The lowest BCUT2D eigenvalue weighted by atomic mass is 10.3. The number of carbonyl (C=O) groups is 1. The number of rotatable bonds is 4. The first-order valence-corrected chi connectivity index (χ1v) is 7.72. The Bertz CT molecular complexity index is 619. The largest absolute Gasteiger partial charge is 0.344 e. The third-order valence-electron chi connectivity index (χ3n) is 3.64. The molecule has 0 aliphatic carbocycles. The van der Waals surface area contributed by atoms with Gasteiger partial charge < -0.3 is 15.1 Å². The van der Waals surface area contributed by atoms with Gasteiger partial charge in [0.1, 0.15) is 0 Å². The minimum atomic E-state index is 0.155. The Morgan fingerprint density at radius 1 is 1.45 bits per heavy atom. The maximum atomic E-state index is 11.9. The molecule has 108 valence electrons. The number of imidazole rings is 1. The lowest BCUT2D eigenvalue weighted by Gasteiger charge is -2.32. The predicted octanol–water partition coefficient (Wildman–Crippen LogP) is 0.784. The van der Waals surface area contributed by atoms with Crippen molar-refractivity contribution in [2.24, 2.45) is 0 Å². The first kappa shape index (κ1) is 13.4. The number of anilines is 1. The third-order valence-corrected chi connectivity index (χ3v) is 4.40. The number of nitrogens with one attached hydrogen (secondary N) is 1. The molecule has 0 radical (unpaired) electrons. The Labute approximate surface area is 122 Å². The molecule has 0 atom stereocenters. The highest BCUT2D eigenvalue weighted by Crippen LogP contribution is 2.25. The zero-order chi connectivity index (χ0) is 14.1. The Balaban J connectivity index is 1.93. The van der Waals surface area contributed by atoms with Crippen LogP contribution in [0.2, 0.25) is 0 Å². The van der Waals surface area contributed by atoms with Gasteiger partial charge in [0, 0.05) is 38.3 Å². The van der Waals surface area contributed by atoms with E-state index in [4.69, 9.17) is 4.98 Å². The quantitative estimate of drug-likeness (QED) is 0.905. The van der Waals surface area contributed by atoms with E-state index >= 15 is 0 Å². The molecular formula is C13H19N5OS. The van der Waals surface area contributed by atoms with Crippen molar-refractivity contribution in [2.45, 2.75) is 13.5 Å². The van der Waals surface area contributed by atoms with Crippen LogP contribution in [-0.2, 0) is 11.3 Å². The standard InChI is InChI=1S/C13H19N5OS/c1-3-14-8-10-12(15-13-18(10)6-7-20-13)17-5-4-16(2)11(19)9-17/h6-7,14H,3-5,8-9H2,1-2H3. The molecule has 0 saturated carbocycles. The van der Waals surface area contributed by atoms with Crippen molar-refractivity contribution in [3.8, 4) is 0 Å². The number of nitrogens with zero attached hydrogens (tertiary/aromatic N) is 4. The van der Waals surface area contributed by atoms with Crippen LogP contribution in [0.1, 0.15) is 12.6 Å². The van der Waals surface area contributed by atoms with Gasteiger partial charge in [-0.25, -0.2) is 4.98 Å². The number of piperazine rings is 1. The molecule has 1 N–H and O–H groups in total. The van der Waals surface area contributed by atoms with Crippen LogP contribution in [-0.4, -0.2) is 53.4 Å². The highest BCUT2D eigenvalue weighted by atomic mass is 32.1. The summed E-state index contributed by atoms with van der Waals surface area (Å²) >= 11 is 1.62. The van der Waals surface area contributed by atoms with E-state index in [9.17, 15) is 4.79 Å². The summed E-state index contributed by atoms with van der Waals surface area (Å²) in [4.78, 5) is 21.5. The van der Waals surface area contributed by atoms with Crippen molar-refractivity contribution in [2.75, 3.05) is 38.1 Å². The number of hydrogen-bond acceptors (Lipinski definition) is 5. The Morgan fingerprint density at radius 3 is 3.05 bits per heavy atom. The molecule has 1 aliphatic heterocycles. The maximum Gasteiger partial charge on any atom is 0.241 e. The highest BCUT2D eigenvalue weighted by Gasteiger charge is 2.26. The molecule has 7 heteroatoms. The van der Waals surface area contributed by atoms with Crippen LogP contribution in [0.15, 0.2) is 11.6 Å². The second-order valence-corrected chi connectivity index (χ2v) is 5.83. The molecular weight excluding hydrogens is 274 g/mol. The lowest BCUT2D eigenvalue weighted by Crippen LogP contribution is -2.49. The van der Waals surface area contributed by atoms with E-state index in [1.165, 1.54) is 0 Å². The van der Waals surface area contributed by atoms with Gasteiger partial charge in [-0.05, 0) is 6.54 Å². The number of aromatic nitrogens is 2. The molecule has 2 aromatic rings. The summed E-state index contributed by atoms with van der Waals surface area (Å²) in [5.41, 5.74) is 1.14. The van der Waals surface area contributed by atoms with Crippen molar-refractivity contribution >= 4 is 28.0 Å².